The molecular weight excluding hydrogens is 284 g/mol. The SMILES string of the molecule is Cc1cc(C(=O)N2CCCc3ccc(N)cc32)ccc1Cl. The topological polar surface area (TPSA) is 46.3 Å². The van der Waals surface area contributed by atoms with Crippen molar-refractivity contribution in [2.75, 3.05) is 17.2 Å². The first-order valence-corrected chi connectivity index (χ1v) is 7.40. The van der Waals surface area contributed by atoms with Crippen molar-refractivity contribution in [1.82, 2.24) is 0 Å². The Morgan fingerprint density at radius 2 is 2.05 bits per heavy atom. The largest absolute Gasteiger partial charge is 0.399 e. The van der Waals surface area contributed by atoms with Gasteiger partial charge in [-0.15, -0.1) is 0 Å². The Labute approximate surface area is 129 Å². The van der Waals surface area contributed by atoms with Crippen LogP contribution in [-0.4, -0.2) is 12.5 Å². The molecule has 0 aliphatic carbocycles. The molecule has 2 aromatic rings. The van der Waals surface area contributed by atoms with Crippen LogP contribution in [0, 0.1) is 6.92 Å². The van der Waals surface area contributed by atoms with Gasteiger partial charge in [0.1, 0.15) is 0 Å². The molecule has 0 spiro atoms. The number of nitrogens with zero attached hydrogens (tertiary/aromatic N) is 1. The summed E-state index contributed by atoms with van der Waals surface area (Å²) in [6.07, 6.45) is 1.95. The van der Waals surface area contributed by atoms with Crippen LogP contribution in [0.2, 0.25) is 5.02 Å². The quantitative estimate of drug-likeness (QED) is 0.814. The standard InChI is InChI=1S/C17H17ClN2O/c1-11-9-13(5-7-15(11)18)17(21)20-8-2-3-12-4-6-14(19)10-16(12)20/h4-7,9-10H,2-3,8,19H2,1H3. The molecule has 0 bridgehead atoms. The van der Waals surface area contributed by atoms with Crippen LogP contribution in [0.25, 0.3) is 0 Å². The van der Waals surface area contributed by atoms with E-state index in [-0.39, 0.29) is 5.91 Å². The van der Waals surface area contributed by atoms with Crippen LogP contribution >= 0.6 is 11.6 Å². The highest BCUT2D eigenvalue weighted by Gasteiger charge is 2.24. The van der Waals surface area contributed by atoms with Crippen LogP contribution in [0.5, 0.6) is 0 Å². The maximum absolute atomic E-state index is 12.8. The second kappa shape index (κ2) is 5.41. The van der Waals surface area contributed by atoms with Crippen molar-refractivity contribution in [2.24, 2.45) is 0 Å². The summed E-state index contributed by atoms with van der Waals surface area (Å²) < 4.78 is 0. The maximum atomic E-state index is 12.8. The summed E-state index contributed by atoms with van der Waals surface area (Å²) in [6.45, 7) is 2.62. The lowest BCUT2D eigenvalue weighted by Gasteiger charge is -2.30. The van der Waals surface area contributed by atoms with Gasteiger partial charge in [-0.05, 0) is 61.2 Å². The number of nitrogens with two attached hydrogens (primary N) is 1. The van der Waals surface area contributed by atoms with E-state index in [1.54, 1.807) is 12.1 Å². The van der Waals surface area contributed by atoms with Crippen molar-refractivity contribution in [3.63, 3.8) is 0 Å². The molecule has 2 aromatic carbocycles. The molecule has 1 amide bonds. The summed E-state index contributed by atoms with van der Waals surface area (Å²) in [6, 6.07) is 11.2. The van der Waals surface area contributed by atoms with Crippen LogP contribution in [0.3, 0.4) is 0 Å². The van der Waals surface area contributed by atoms with Crippen molar-refractivity contribution < 1.29 is 4.79 Å². The second-order valence-electron chi connectivity index (χ2n) is 5.41. The summed E-state index contributed by atoms with van der Waals surface area (Å²) in [5.41, 5.74) is 10.2. The Morgan fingerprint density at radius 1 is 1.24 bits per heavy atom. The minimum atomic E-state index is 0.00122. The fourth-order valence-corrected chi connectivity index (χ4v) is 2.85. The highest BCUT2D eigenvalue weighted by molar-refractivity contribution is 6.31. The number of carbonyl (C=O) groups excluding carboxylic acids is 1. The van der Waals surface area contributed by atoms with E-state index in [1.165, 1.54) is 5.56 Å². The number of fused-ring (bicyclic) bond motifs is 1. The van der Waals surface area contributed by atoms with Gasteiger partial charge in [-0.25, -0.2) is 0 Å². The van der Waals surface area contributed by atoms with Gasteiger partial charge in [0.15, 0.2) is 0 Å². The molecule has 4 heteroatoms. The lowest BCUT2D eigenvalue weighted by atomic mass is 10.00. The summed E-state index contributed by atoms with van der Waals surface area (Å²) in [4.78, 5) is 14.6. The summed E-state index contributed by atoms with van der Waals surface area (Å²) >= 11 is 6.03. The van der Waals surface area contributed by atoms with Crippen LogP contribution in [0.1, 0.15) is 27.9 Å². The highest BCUT2D eigenvalue weighted by Crippen LogP contribution is 2.30. The first-order valence-electron chi connectivity index (χ1n) is 7.02. The molecule has 0 saturated carbocycles. The first kappa shape index (κ1) is 14.0. The average Bonchev–Trinajstić information content (AvgIpc) is 2.48. The summed E-state index contributed by atoms with van der Waals surface area (Å²) in [7, 11) is 0. The molecule has 1 heterocycles. The fraction of sp³-hybridized carbons (Fsp3) is 0.235. The monoisotopic (exact) mass is 300 g/mol. The number of anilines is 2. The van der Waals surface area contributed by atoms with Gasteiger partial charge in [0.25, 0.3) is 5.91 Å². The van der Waals surface area contributed by atoms with Gasteiger partial charge in [-0.2, -0.15) is 0 Å². The minimum Gasteiger partial charge on any atom is -0.399 e. The molecule has 3 nitrogen and oxygen atoms in total. The summed E-state index contributed by atoms with van der Waals surface area (Å²) in [5, 5.41) is 0.676. The van der Waals surface area contributed by atoms with E-state index in [0.29, 0.717) is 16.3 Å². The molecule has 1 aliphatic rings. The molecule has 0 aromatic heterocycles. The molecule has 0 radical (unpaired) electrons. The zero-order valence-corrected chi connectivity index (χ0v) is 12.7. The number of aryl methyl sites for hydroxylation is 2. The van der Waals surface area contributed by atoms with E-state index in [2.05, 4.69) is 0 Å². The van der Waals surface area contributed by atoms with E-state index in [1.807, 2.05) is 36.1 Å². The number of amides is 1. The molecule has 108 valence electrons. The van der Waals surface area contributed by atoms with Crippen molar-refractivity contribution in [2.45, 2.75) is 19.8 Å². The predicted molar refractivity (Wildman–Crippen MR) is 87.0 cm³/mol. The number of benzene rings is 2. The van der Waals surface area contributed by atoms with Crippen molar-refractivity contribution in [3.8, 4) is 0 Å². The maximum Gasteiger partial charge on any atom is 0.258 e. The van der Waals surface area contributed by atoms with Crippen LogP contribution in [0.4, 0.5) is 11.4 Å². The lowest BCUT2D eigenvalue weighted by molar-refractivity contribution is 0.0985. The molecule has 0 atom stereocenters. The lowest BCUT2D eigenvalue weighted by Crippen LogP contribution is -2.35. The number of hydrogen-bond donors (Lipinski definition) is 1. The van der Waals surface area contributed by atoms with Crippen molar-refractivity contribution in [1.29, 1.82) is 0 Å². The fourth-order valence-electron chi connectivity index (χ4n) is 2.74. The Bertz CT molecular complexity index is 712. The number of halogens is 1. The van der Waals surface area contributed by atoms with Gasteiger partial charge in [0.2, 0.25) is 0 Å². The zero-order chi connectivity index (χ0) is 15.0. The Morgan fingerprint density at radius 3 is 2.81 bits per heavy atom. The van der Waals surface area contributed by atoms with E-state index in [9.17, 15) is 4.79 Å². The van der Waals surface area contributed by atoms with Gasteiger partial charge < -0.3 is 10.6 Å². The molecule has 3 rings (SSSR count). The third kappa shape index (κ3) is 2.61. The summed E-state index contributed by atoms with van der Waals surface area (Å²) in [5.74, 6) is 0.00122. The van der Waals surface area contributed by atoms with E-state index < -0.39 is 0 Å². The molecule has 1 aliphatic heterocycles. The number of rotatable bonds is 1. The Balaban J connectivity index is 1.99. The number of hydrogen-bond acceptors (Lipinski definition) is 2. The predicted octanol–water partition coefficient (Wildman–Crippen LogP) is 3.82. The molecule has 21 heavy (non-hydrogen) atoms. The third-order valence-electron chi connectivity index (χ3n) is 3.88. The Hall–Kier alpha value is -2.00. The third-order valence-corrected chi connectivity index (χ3v) is 4.30. The average molecular weight is 301 g/mol. The van der Waals surface area contributed by atoms with Crippen molar-refractivity contribution in [3.05, 3.63) is 58.1 Å². The van der Waals surface area contributed by atoms with Crippen LogP contribution < -0.4 is 10.6 Å². The van der Waals surface area contributed by atoms with Gasteiger partial charge in [-0.1, -0.05) is 17.7 Å². The van der Waals surface area contributed by atoms with E-state index >= 15 is 0 Å². The zero-order valence-electron chi connectivity index (χ0n) is 11.9. The molecule has 0 fully saturated rings. The molecule has 0 saturated heterocycles. The van der Waals surface area contributed by atoms with Gasteiger partial charge in [-0.3, -0.25) is 4.79 Å². The smallest absolute Gasteiger partial charge is 0.258 e. The normalized spacial score (nSPS) is 13.9. The highest BCUT2D eigenvalue weighted by atomic mass is 35.5. The van der Waals surface area contributed by atoms with Gasteiger partial charge >= 0.3 is 0 Å². The van der Waals surface area contributed by atoms with Gasteiger partial charge in [0.05, 0.1) is 0 Å². The van der Waals surface area contributed by atoms with Crippen LogP contribution in [0.15, 0.2) is 36.4 Å². The van der Waals surface area contributed by atoms with Gasteiger partial charge in [0, 0.05) is 28.5 Å². The van der Waals surface area contributed by atoms with Crippen molar-refractivity contribution >= 4 is 28.9 Å². The van der Waals surface area contributed by atoms with E-state index in [4.69, 9.17) is 17.3 Å². The second-order valence-corrected chi connectivity index (χ2v) is 5.82. The number of carbonyl (C=O) groups is 1. The number of nitrogen functional groups attached to an aromatic ring is 1. The Kier molecular flexibility index (Phi) is 3.60. The molecule has 2 N–H and O–H groups in total. The first-order chi connectivity index (χ1) is 10.1. The minimum absolute atomic E-state index is 0.00122. The molecular formula is C17H17ClN2O. The van der Waals surface area contributed by atoms with E-state index in [0.717, 1.165) is 30.6 Å². The van der Waals surface area contributed by atoms with Crippen LogP contribution in [-0.2, 0) is 6.42 Å². The molecule has 0 unspecified atom stereocenters.